The molecule has 1 atom stereocenters. The van der Waals surface area contributed by atoms with Crippen molar-refractivity contribution in [1.82, 2.24) is 0 Å². The topological polar surface area (TPSA) is 27.7 Å². The SMILES string of the molecule is C=C[C@@H](COCc1ccccc1)Oc1ccccc1OC. The minimum Gasteiger partial charge on any atom is -0.493 e. The van der Waals surface area contributed by atoms with Gasteiger partial charge >= 0.3 is 0 Å². The molecule has 0 radical (unpaired) electrons. The molecule has 21 heavy (non-hydrogen) atoms. The number of hydrogen-bond acceptors (Lipinski definition) is 3. The molecule has 2 rings (SSSR count). The van der Waals surface area contributed by atoms with Gasteiger partial charge in [-0.25, -0.2) is 0 Å². The molecule has 0 aromatic heterocycles. The van der Waals surface area contributed by atoms with E-state index >= 15 is 0 Å². The number of methoxy groups -OCH3 is 1. The van der Waals surface area contributed by atoms with Crippen molar-refractivity contribution in [3.05, 3.63) is 72.8 Å². The van der Waals surface area contributed by atoms with Crippen LogP contribution in [0.25, 0.3) is 0 Å². The number of para-hydroxylation sites is 2. The molecule has 0 unspecified atom stereocenters. The van der Waals surface area contributed by atoms with E-state index < -0.39 is 0 Å². The lowest BCUT2D eigenvalue weighted by atomic mass is 10.2. The molecule has 0 aliphatic carbocycles. The summed E-state index contributed by atoms with van der Waals surface area (Å²) in [4.78, 5) is 0. The second-order valence-electron chi connectivity index (χ2n) is 4.54. The van der Waals surface area contributed by atoms with Gasteiger partial charge in [-0.1, -0.05) is 49.0 Å². The Hall–Kier alpha value is -2.26. The minimum absolute atomic E-state index is 0.218. The smallest absolute Gasteiger partial charge is 0.162 e. The van der Waals surface area contributed by atoms with Crippen molar-refractivity contribution in [3.8, 4) is 11.5 Å². The van der Waals surface area contributed by atoms with Crippen LogP contribution in [0.1, 0.15) is 5.56 Å². The molecule has 0 saturated heterocycles. The summed E-state index contributed by atoms with van der Waals surface area (Å²) in [5.74, 6) is 1.39. The van der Waals surface area contributed by atoms with Crippen molar-refractivity contribution in [2.75, 3.05) is 13.7 Å². The van der Waals surface area contributed by atoms with Crippen molar-refractivity contribution in [1.29, 1.82) is 0 Å². The second-order valence-corrected chi connectivity index (χ2v) is 4.54. The van der Waals surface area contributed by atoms with Crippen molar-refractivity contribution in [2.45, 2.75) is 12.7 Å². The third-order valence-electron chi connectivity index (χ3n) is 3.00. The van der Waals surface area contributed by atoms with E-state index in [9.17, 15) is 0 Å². The van der Waals surface area contributed by atoms with Crippen molar-refractivity contribution < 1.29 is 14.2 Å². The largest absolute Gasteiger partial charge is 0.493 e. The molecular formula is C18H20O3. The zero-order chi connectivity index (χ0) is 14.9. The zero-order valence-corrected chi connectivity index (χ0v) is 12.2. The summed E-state index contributed by atoms with van der Waals surface area (Å²) in [6.07, 6.45) is 1.52. The lowest BCUT2D eigenvalue weighted by Crippen LogP contribution is -2.20. The van der Waals surface area contributed by atoms with Gasteiger partial charge in [-0.15, -0.1) is 0 Å². The molecule has 110 valence electrons. The Balaban J connectivity index is 1.87. The van der Waals surface area contributed by atoms with Crippen LogP contribution in [-0.4, -0.2) is 19.8 Å². The normalized spacial score (nSPS) is 11.7. The Kier molecular flexibility index (Phi) is 5.85. The summed E-state index contributed by atoms with van der Waals surface area (Å²) in [5, 5.41) is 0. The predicted octanol–water partition coefficient (Wildman–Crippen LogP) is 3.85. The molecule has 3 nitrogen and oxygen atoms in total. The highest BCUT2D eigenvalue weighted by Gasteiger charge is 2.10. The van der Waals surface area contributed by atoms with E-state index in [0.717, 1.165) is 5.56 Å². The van der Waals surface area contributed by atoms with E-state index in [1.165, 1.54) is 0 Å². The standard InChI is InChI=1S/C18H20O3/c1-3-16(14-20-13-15-9-5-4-6-10-15)21-18-12-8-7-11-17(18)19-2/h3-12,16H,1,13-14H2,2H3/t16-/m0/s1. The average molecular weight is 284 g/mol. The van der Waals surface area contributed by atoms with Crippen LogP contribution >= 0.6 is 0 Å². The number of benzene rings is 2. The molecule has 3 heteroatoms. The molecule has 0 N–H and O–H groups in total. The number of ether oxygens (including phenoxy) is 3. The highest BCUT2D eigenvalue weighted by molar-refractivity contribution is 5.39. The van der Waals surface area contributed by atoms with Crippen LogP contribution in [0.3, 0.4) is 0 Å². The molecule has 2 aromatic rings. The van der Waals surface area contributed by atoms with Gasteiger partial charge in [0, 0.05) is 0 Å². The first-order chi connectivity index (χ1) is 10.3. The van der Waals surface area contributed by atoms with Gasteiger partial charge in [-0.05, 0) is 23.8 Å². The average Bonchev–Trinajstić information content (AvgIpc) is 2.55. The minimum atomic E-state index is -0.218. The Bertz CT molecular complexity index is 551. The van der Waals surface area contributed by atoms with E-state index in [1.807, 2.05) is 54.6 Å². The van der Waals surface area contributed by atoms with Crippen LogP contribution in [-0.2, 0) is 11.3 Å². The van der Waals surface area contributed by atoms with E-state index in [0.29, 0.717) is 24.7 Å². The summed E-state index contributed by atoms with van der Waals surface area (Å²) in [5.41, 5.74) is 1.14. The van der Waals surface area contributed by atoms with E-state index in [2.05, 4.69) is 6.58 Å². The maximum absolute atomic E-state index is 5.86. The highest BCUT2D eigenvalue weighted by Crippen LogP contribution is 2.27. The molecular weight excluding hydrogens is 264 g/mol. The first-order valence-corrected chi connectivity index (χ1v) is 6.87. The third-order valence-corrected chi connectivity index (χ3v) is 3.00. The van der Waals surface area contributed by atoms with Gasteiger partial charge in [-0.3, -0.25) is 0 Å². The molecule has 0 fully saturated rings. The zero-order valence-electron chi connectivity index (χ0n) is 12.2. The van der Waals surface area contributed by atoms with Gasteiger partial charge in [0.1, 0.15) is 6.10 Å². The van der Waals surface area contributed by atoms with Crippen LogP contribution in [0, 0.1) is 0 Å². The van der Waals surface area contributed by atoms with Crippen LogP contribution in [0.5, 0.6) is 11.5 Å². The predicted molar refractivity (Wildman–Crippen MR) is 83.7 cm³/mol. The fraction of sp³-hybridized carbons (Fsp3) is 0.222. The van der Waals surface area contributed by atoms with Crippen molar-refractivity contribution >= 4 is 0 Å². The maximum atomic E-state index is 5.86. The highest BCUT2D eigenvalue weighted by atomic mass is 16.5. The first kappa shape index (κ1) is 15.1. The van der Waals surface area contributed by atoms with Gasteiger partial charge < -0.3 is 14.2 Å². The van der Waals surface area contributed by atoms with Crippen molar-refractivity contribution in [2.24, 2.45) is 0 Å². The van der Waals surface area contributed by atoms with E-state index in [1.54, 1.807) is 13.2 Å². The fourth-order valence-corrected chi connectivity index (χ4v) is 1.90. The summed E-state index contributed by atoms with van der Waals surface area (Å²) >= 11 is 0. The Morgan fingerprint density at radius 1 is 1.00 bits per heavy atom. The third kappa shape index (κ3) is 4.65. The van der Waals surface area contributed by atoms with Crippen LogP contribution < -0.4 is 9.47 Å². The van der Waals surface area contributed by atoms with Gasteiger partial charge in [0.25, 0.3) is 0 Å². The van der Waals surface area contributed by atoms with Crippen LogP contribution in [0.2, 0.25) is 0 Å². The maximum Gasteiger partial charge on any atom is 0.162 e. The molecule has 0 bridgehead atoms. The molecule has 0 spiro atoms. The monoisotopic (exact) mass is 284 g/mol. The Morgan fingerprint density at radius 3 is 2.33 bits per heavy atom. The first-order valence-electron chi connectivity index (χ1n) is 6.87. The number of hydrogen-bond donors (Lipinski definition) is 0. The Labute approximate surface area is 125 Å². The van der Waals surface area contributed by atoms with Gasteiger partial charge in [0.05, 0.1) is 20.3 Å². The molecule has 0 saturated carbocycles. The Morgan fingerprint density at radius 2 is 1.67 bits per heavy atom. The number of rotatable bonds is 8. The molecule has 0 heterocycles. The van der Waals surface area contributed by atoms with Crippen molar-refractivity contribution in [3.63, 3.8) is 0 Å². The summed E-state index contributed by atoms with van der Waals surface area (Å²) in [7, 11) is 1.62. The summed E-state index contributed by atoms with van der Waals surface area (Å²) in [6.45, 7) is 4.79. The van der Waals surface area contributed by atoms with Crippen LogP contribution in [0.4, 0.5) is 0 Å². The van der Waals surface area contributed by atoms with Gasteiger partial charge in [0.15, 0.2) is 11.5 Å². The fourth-order valence-electron chi connectivity index (χ4n) is 1.90. The lowest BCUT2D eigenvalue weighted by Gasteiger charge is -2.17. The summed E-state index contributed by atoms with van der Waals surface area (Å²) < 4.78 is 16.8. The summed E-state index contributed by atoms with van der Waals surface area (Å²) in [6, 6.07) is 17.6. The molecule has 0 aliphatic heterocycles. The van der Waals surface area contributed by atoms with Gasteiger partial charge in [-0.2, -0.15) is 0 Å². The lowest BCUT2D eigenvalue weighted by molar-refractivity contribution is 0.0599. The molecule has 0 aliphatic rings. The van der Waals surface area contributed by atoms with E-state index in [4.69, 9.17) is 14.2 Å². The molecule has 0 amide bonds. The second kappa shape index (κ2) is 8.12. The van der Waals surface area contributed by atoms with E-state index in [-0.39, 0.29) is 6.10 Å². The van der Waals surface area contributed by atoms with Crippen LogP contribution in [0.15, 0.2) is 67.3 Å². The van der Waals surface area contributed by atoms with Gasteiger partial charge in [0.2, 0.25) is 0 Å². The molecule has 2 aromatic carbocycles. The quantitative estimate of drug-likeness (QED) is 0.689.